The number of halogens is 10. The number of alkyl halides is 6. The van der Waals surface area contributed by atoms with Gasteiger partial charge in [0, 0.05) is 24.1 Å². The molecule has 4 aromatic carbocycles. The molecule has 0 aliphatic rings. The average Bonchev–Trinajstić information content (AvgIpc) is 2.93. The number of ether oxygens (including phenoxy) is 2. The second-order valence-electron chi connectivity index (χ2n) is 9.96. The number of carbonyl (C=O) groups is 2. The highest BCUT2D eigenvalue weighted by atomic mass is 19.4. The summed E-state index contributed by atoms with van der Waals surface area (Å²) >= 11 is 0. The molecular weight excluding hydrogens is 678 g/mol. The third kappa shape index (κ3) is 11.8. The number of aryl methyl sites for hydroxylation is 2. The predicted molar refractivity (Wildman–Crippen MR) is 160 cm³/mol. The number of carboxylic acid groups (broad SMARTS) is 1. The maximum absolute atomic E-state index is 13.9. The maximum Gasteiger partial charge on any atom is 0.416 e. The number of aldehydes is 1. The standard InChI is InChI=1S/C16H11F5O3.C16H11F5O2.2CH4/c1-8-2-10(16(19,20)21)6-11(3-8)24-14-7-12(17)9(4-13(14)18)5-15(22)23;1-9-4-11(16(19,20)21)7-12(5-9)23-15-8-13(17)10(2-3-22)6-14(15)18;;/h2-4,6-7H,5H2,1H3,(H,22,23);3-8H,2H2,1H3;2*1H4. The van der Waals surface area contributed by atoms with Gasteiger partial charge in [0.25, 0.3) is 0 Å². The minimum atomic E-state index is -4.61. The first kappa shape index (κ1) is 41.9. The lowest BCUT2D eigenvalue weighted by molar-refractivity contribution is -0.138. The van der Waals surface area contributed by atoms with Crippen LogP contribution in [-0.2, 0) is 34.8 Å². The van der Waals surface area contributed by atoms with Gasteiger partial charge >= 0.3 is 18.3 Å². The van der Waals surface area contributed by atoms with Gasteiger partial charge in [-0.2, -0.15) is 26.3 Å². The summed E-state index contributed by atoms with van der Waals surface area (Å²) in [6, 6.07) is 8.38. The van der Waals surface area contributed by atoms with Crippen molar-refractivity contribution in [2.45, 2.75) is 53.9 Å². The zero-order valence-electron chi connectivity index (χ0n) is 24.1. The Morgan fingerprint density at radius 3 is 1.39 bits per heavy atom. The topological polar surface area (TPSA) is 72.8 Å². The number of carbonyl (C=O) groups excluding carboxylic acids is 1. The molecule has 0 aromatic heterocycles. The number of rotatable bonds is 8. The van der Waals surface area contributed by atoms with E-state index in [-0.39, 0.29) is 49.5 Å². The molecule has 1 N–H and O–H groups in total. The van der Waals surface area contributed by atoms with Crippen molar-refractivity contribution < 1.29 is 68.1 Å². The summed E-state index contributed by atoms with van der Waals surface area (Å²) < 4.78 is 142. The van der Waals surface area contributed by atoms with Gasteiger partial charge in [-0.15, -0.1) is 0 Å². The Morgan fingerprint density at radius 2 is 1.02 bits per heavy atom. The normalized spacial score (nSPS) is 10.9. The van der Waals surface area contributed by atoms with Crippen molar-refractivity contribution in [3.05, 3.63) is 117 Å². The smallest absolute Gasteiger partial charge is 0.416 e. The highest BCUT2D eigenvalue weighted by Gasteiger charge is 2.32. The van der Waals surface area contributed by atoms with Crippen LogP contribution in [0.2, 0.25) is 0 Å². The molecule has 0 spiro atoms. The van der Waals surface area contributed by atoms with E-state index in [1.54, 1.807) is 0 Å². The van der Waals surface area contributed by atoms with E-state index >= 15 is 0 Å². The van der Waals surface area contributed by atoms with Crippen LogP contribution in [0, 0.1) is 37.1 Å². The van der Waals surface area contributed by atoms with Crippen LogP contribution in [0.4, 0.5) is 43.9 Å². The summed E-state index contributed by atoms with van der Waals surface area (Å²) in [6.45, 7) is 2.82. The molecule has 0 aliphatic heterocycles. The third-order valence-electron chi connectivity index (χ3n) is 6.06. The fourth-order valence-corrected chi connectivity index (χ4v) is 4.04. The Bertz CT molecular complexity index is 1780. The van der Waals surface area contributed by atoms with Crippen molar-refractivity contribution in [1.29, 1.82) is 0 Å². The summed E-state index contributed by atoms with van der Waals surface area (Å²) in [4.78, 5) is 20.9. The molecule has 0 unspecified atom stereocenters. The molecule has 0 fully saturated rings. The molecule has 0 aliphatic carbocycles. The molecule has 0 amide bonds. The lowest BCUT2D eigenvalue weighted by atomic mass is 10.1. The van der Waals surface area contributed by atoms with Gasteiger partial charge in [-0.3, -0.25) is 4.79 Å². The number of benzene rings is 4. The minimum Gasteiger partial charge on any atom is -0.481 e. The fraction of sp³-hybridized carbons (Fsp3) is 0.235. The van der Waals surface area contributed by atoms with Crippen LogP contribution in [0.3, 0.4) is 0 Å². The Balaban J connectivity index is 0.000000471. The molecule has 4 rings (SSSR count). The van der Waals surface area contributed by atoms with Gasteiger partial charge in [0.1, 0.15) is 29.4 Å². The lowest BCUT2D eigenvalue weighted by Crippen LogP contribution is -2.06. The Labute approximate surface area is 274 Å². The highest BCUT2D eigenvalue weighted by Crippen LogP contribution is 2.36. The van der Waals surface area contributed by atoms with Crippen molar-refractivity contribution in [1.82, 2.24) is 0 Å². The molecule has 0 radical (unpaired) electrons. The molecule has 49 heavy (non-hydrogen) atoms. The molecule has 15 heteroatoms. The van der Waals surface area contributed by atoms with Crippen molar-refractivity contribution in [3.8, 4) is 23.0 Å². The van der Waals surface area contributed by atoms with Gasteiger partial charge in [-0.25, -0.2) is 17.6 Å². The third-order valence-corrected chi connectivity index (χ3v) is 6.06. The van der Waals surface area contributed by atoms with Crippen molar-refractivity contribution in [2.75, 3.05) is 0 Å². The molecule has 0 saturated carbocycles. The van der Waals surface area contributed by atoms with E-state index < -0.39 is 76.2 Å². The van der Waals surface area contributed by atoms with Crippen LogP contribution >= 0.6 is 0 Å². The van der Waals surface area contributed by atoms with E-state index in [0.717, 1.165) is 18.2 Å². The number of hydrogen-bond acceptors (Lipinski definition) is 4. The molecule has 5 nitrogen and oxygen atoms in total. The molecule has 0 saturated heterocycles. The first-order valence-electron chi connectivity index (χ1n) is 13.1. The predicted octanol–water partition coefficient (Wildman–Crippen LogP) is 10.8. The number of carboxylic acids is 1. The largest absolute Gasteiger partial charge is 0.481 e. The van der Waals surface area contributed by atoms with Gasteiger partial charge in [0.2, 0.25) is 0 Å². The average molecular weight is 709 g/mol. The zero-order chi connectivity index (χ0) is 35.3. The Kier molecular flexibility index (Phi) is 14.4. The Morgan fingerprint density at radius 1 is 0.633 bits per heavy atom. The summed E-state index contributed by atoms with van der Waals surface area (Å²) in [5, 5.41) is 8.60. The van der Waals surface area contributed by atoms with E-state index in [9.17, 15) is 53.5 Å². The van der Waals surface area contributed by atoms with E-state index in [1.807, 2.05) is 0 Å². The number of aliphatic carboxylic acids is 1. The summed E-state index contributed by atoms with van der Waals surface area (Å²) in [5.41, 5.74) is -2.01. The summed E-state index contributed by atoms with van der Waals surface area (Å²) in [6.07, 6.45) is -9.83. The Hall–Kier alpha value is -5.08. The SMILES string of the molecule is C.C.Cc1cc(Oc2cc(F)c(CC(=O)O)cc2F)cc(C(F)(F)F)c1.Cc1cc(Oc2cc(F)c(CC=O)cc2F)cc(C(F)(F)F)c1. The van der Waals surface area contributed by atoms with E-state index in [0.29, 0.717) is 36.6 Å². The first-order chi connectivity index (χ1) is 21.8. The van der Waals surface area contributed by atoms with Crippen LogP contribution in [0.5, 0.6) is 23.0 Å². The van der Waals surface area contributed by atoms with E-state index in [1.165, 1.54) is 26.0 Å². The fourth-order valence-electron chi connectivity index (χ4n) is 4.04. The van der Waals surface area contributed by atoms with Crippen LogP contribution in [0.15, 0.2) is 60.7 Å². The monoisotopic (exact) mass is 708 g/mol. The molecule has 4 aromatic rings. The molecular formula is C34H30F10O5. The minimum absolute atomic E-state index is 0. The zero-order valence-corrected chi connectivity index (χ0v) is 24.1. The quantitative estimate of drug-likeness (QED) is 0.146. The van der Waals surface area contributed by atoms with Crippen LogP contribution < -0.4 is 9.47 Å². The summed E-state index contributed by atoms with van der Waals surface area (Å²) in [7, 11) is 0. The van der Waals surface area contributed by atoms with Crippen LogP contribution in [-0.4, -0.2) is 17.4 Å². The molecule has 0 bridgehead atoms. The van der Waals surface area contributed by atoms with Gasteiger partial charge in [-0.1, -0.05) is 14.9 Å². The second-order valence-corrected chi connectivity index (χ2v) is 9.96. The lowest BCUT2D eigenvalue weighted by Gasteiger charge is -2.13. The van der Waals surface area contributed by atoms with Crippen LogP contribution in [0.25, 0.3) is 0 Å². The maximum atomic E-state index is 13.9. The van der Waals surface area contributed by atoms with Crippen molar-refractivity contribution in [2.24, 2.45) is 0 Å². The molecule has 266 valence electrons. The van der Waals surface area contributed by atoms with E-state index in [2.05, 4.69) is 0 Å². The van der Waals surface area contributed by atoms with Gasteiger partial charge in [-0.05, 0) is 79.1 Å². The van der Waals surface area contributed by atoms with Gasteiger partial charge in [0.15, 0.2) is 23.1 Å². The molecule has 0 heterocycles. The van der Waals surface area contributed by atoms with Gasteiger partial charge < -0.3 is 19.4 Å². The summed E-state index contributed by atoms with van der Waals surface area (Å²) in [5.74, 6) is -7.09. The first-order valence-corrected chi connectivity index (χ1v) is 13.1. The van der Waals surface area contributed by atoms with E-state index in [4.69, 9.17) is 14.6 Å². The number of hydrogen-bond donors (Lipinski definition) is 1. The van der Waals surface area contributed by atoms with Crippen LogP contribution in [0.1, 0.15) is 48.2 Å². The molecule has 0 atom stereocenters. The van der Waals surface area contributed by atoms with Gasteiger partial charge in [0.05, 0.1) is 17.5 Å². The highest BCUT2D eigenvalue weighted by molar-refractivity contribution is 5.70. The second kappa shape index (κ2) is 16.8. The van der Waals surface area contributed by atoms with Crippen molar-refractivity contribution in [3.63, 3.8) is 0 Å². The van der Waals surface area contributed by atoms with Crippen molar-refractivity contribution >= 4 is 12.3 Å².